The molecular weight excluding hydrogens is 282 g/mol. The fraction of sp³-hybridized carbons (Fsp3) is 0.462. The van der Waals surface area contributed by atoms with E-state index in [-0.39, 0.29) is 12.7 Å². The first-order valence-corrected chi connectivity index (χ1v) is 6.85. The molecule has 3 rings (SSSR count). The topological polar surface area (TPSA) is 54.0 Å². The molecule has 0 spiro atoms. The van der Waals surface area contributed by atoms with Crippen LogP contribution in [-0.2, 0) is 0 Å². The van der Waals surface area contributed by atoms with E-state index in [1.165, 1.54) is 0 Å². The lowest BCUT2D eigenvalue weighted by atomic mass is 10.2. The third-order valence-corrected chi connectivity index (χ3v) is 3.73. The fourth-order valence-electron chi connectivity index (χ4n) is 2.22. The summed E-state index contributed by atoms with van der Waals surface area (Å²) in [5.41, 5.74) is 3.36. The van der Waals surface area contributed by atoms with Crippen molar-refractivity contribution < 1.29 is 14.3 Å². The molecule has 1 aromatic rings. The van der Waals surface area contributed by atoms with Crippen LogP contribution in [0.1, 0.15) is 10.4 Å². The summed E-state index contributed by atoms with van der Waals surface area (Å²) in [4.78, 5) is 14.4. The van der Waals surface area contributed by atoms with Gasteiger partial charge in [-0.05, 0) is 19.2 Å². The Morgan fingerprint density at radius 3 is 2.75 bits per heavy atom. The molecule has 1 fully saturated rings. The second kappa shape index (κ2) is 5.47. The minimum Gasteiger partial charge on any atom is -0.454 e. The van der Waals surface area contributed by atoms with E-state index < -0.39 is 0 Å². The zero-order valence-electron chi connectivity index (χ0n) is 11.2. The van der Waals surface area contributed by atoms with Crippen LogP contribution in [0.4, 0.5) is 0 Å². The molecular formula is C13H16ClN3O3. The second-order valence-corrected chi connectivity index (χ2v) is 5.33. The van der Waals surface area contributed by atoms with Crippen molar-refractivity contribution in [2.75, 3.05) is 40.0 Å². The monoisotopic (exact) mass is 297 g/mol. The van der Waals surface area contributed by atoms with Gasteiger partial charge in [0.1, 0.15) is 0 Å². The number of hydrazine groups is 1. The molecule has 6 nitrogen and oxygen atoms in total. The molecule has 7 heteroatoms. The van der Waals surface area contributed by atoms with Gasteiger partial charge in [-0.25, -0.2) is 5.01 Å². The third kappa shape index (κ3) is 2.67. The molecule has 0 radical (unpaired) electrons. The highest BCUT2D eigenvalue weighted by molar-refractivity contribution is 6.32. The molecule has 2 aliphatic heterocycles. The summed E-state index contributed by atoms with van der Waals surface area (Å²) < 4.78 is 10.5. The van der Waals surface area contributed by atoms with E-state index >= 15 is 0 Å². The number of likely N-dealkylation sites (N-methyl/N-ethyl adjacent to an activating group) is 1. The van der Waals surface area contributed by atoms with Gasteiger partial charge in [0.15, 0.2) is 11.5 Å². The summed E-state index contributed by atoms with van der Waals surface area (Å²) in [5, 5.41) is 2.31. The van der Waals surface area contributed by atoms with Crippen molar-refractivity contribution in [1.82, 2.24) is 15.3 Å². The number of ether oxygens (including phenoxy) is 2. The summed E-state index contributed by atoms with van der Waals surface area (Å²) >= 11 is 6.08. The van der Waals surface area contributed by atoms with Crippen LogP contribution in [0.5, 0.6) is 11.5 Å². The molecule has 0 bridgehead atoms. The summed E-state index contributed by atoms with van der Waals surface area (Å²) in [6.07, 6.45) is 0. The lowest BCUT2D eigenvalue weighted by Crippen LogP contribution is -2.52. The van der Waals surface area contributed by atoms with Crippen molar-refractivity contribution in [3.05, 3.63) is 22.7 Å². The first-order valence-electron chi connectivity index (χ1n) is 6.47. The molecule has 0 aliphatic carbocycles. The van der Waals surface area contributed by atoms with Crippen molar-refractivity contribution in [3.63, 3.8) is 0 Å². The molecule has 2 aliphatic rings. The Morgan fingerprint density at radius 1 is 1.25 bits per heavy atom. The number of fused-ring (bicyclic) bond motifs is 1. The highest BCUT2D eigenvalue weighted by Crippen LogP contribution is 2.39. The molecule has 20 heavy (non-hydrogen) atoms. The Labute approximate surface area is 122 Å². The summed E-state index contributed by atoms with van der Waals surface area (Å²) in [6.45, 7) is 3.62. The number of piperazine rings is 1. The van der Waals surface area contributed by atoms with Crippen LogP contribution < -0.4 is 14.9 Å². The minimum absolute atomic E-state index is 0.137. The minimum atomic E-state index is -0.185. The van der Waals surface area contributed by atoms with Gasteiger partial charge in [0.2, 0.25) is 6.79 Å². The Morgan fingerprint density at radius 2 is 2.00 bits per heavy atom. The van der Waals surface area contributed by atoms with E-state index in [9.17, 15) is 4.79 Å². The van der Waals surface area contributed by atoms with Gasteiger partial charge in [-0.2, -0.15) is 0 Å². The van der Waals surface area contributed by atoms with Crippen molar-refractivity contribution >= 4 is 17.5 Å². The molecule has 0 atom stereocenters. The normalized spacial score (nSPS) is 19.1. The molecule has 1 aromatic carbocycles. The van der Waals surface area contributed by atoms with Crippen molar-refractivity contribution in [3.8, 4) is 11.5 Å². The van der Waals surface area contributed by atoms with E-state index in [1.54, 1.807) is 12.1 Å². The van der Waals surface area contributed by atoms with Gasteiger partial charge in [-0.3, -0.25) is 10.2 Å². The van der Waals surface area contributed by atoms with E-state index in [2.05, 4.69) is 17.4 Å². The second-order valence-electron chi connectivity index (χ2n) is 4.92. The molecule has 0 saturated carbocycles. The zero-order valence-corrected chi connectivity index (χ0v) is 11.9. The Kier molecular flexibility index (Phi) is 3.69. The number of nitrogens with zero attached hydrogens (tertiary/aromatic N) is 2. The SMILES string of the molecule is CN1CCN(NC(=O)c2cc(Cl)c3c(c2)OCO3)CC1. The third-order valence-electron chi connectivity index (χ3n) is 3.45. The predicted octanol–water partition coefficient (Wildman–Crippen LogP) is 0.961. The maximum Gasteiger partial charge on any atom is 0.265 e. The van der Waals surface area contributed by atoms with Crippen LogP contribution in [0.15, 0.2) is 12.1 Å². The average molecular weight is 298 g/mol. The van der Waals surface area contributed by atoms with Crippen LogP contribution in [0, 0.1) is 0 Å². The van der Waals surface area contributed by atoms with Crippen LogP contribution >= 0.6 is 11.6 Å². The quantitative estimate of drug-likeness (QED) is 0.881. The standard InChI is InChI=1S/C13H16ClN3O3/c1-16-2-4-17(5-3-16)15-13(18)9-6-10(14)12-11(7-9)19-8-20-12/h6-7H,2-5,8H2,1H3,(H,15,18). The highest BCUT2D eigenvalue weighted by Gasteiger charge is 2.22. The van der Waals surface area contributed by atoms with E-state index in [0.717, 1.165) is 26.2 Å². The van der Waals surface area contributed by atoms with E-state index in [1.807, 2.05) is 5.01 Å². The van der Waals surface area contributed by atoms with Crippen molar-refractivity contribution in [2.45, 2.75) is 0 Å². The zero-order chi connectivity index (χ0) is 14.1. The lowest BCUT2D eigenvalue weighted by Gasteiger charge is -2.32. The molecule has 2 heterocycles. The van der Waals surface area contributed by atoms with E-state index in [4.69, 9.17) is 21.1 Å². The molecule has 0 aromatic heterocycles. The number of benzene rings is 1. The Hall–Kier alpha value is -1.50. The van der Waals surface area contributed by atoms with Crippen LogP contribution in [0.25, 0.3) is 0 Å². The van der Waals surface area contributed by atoms with Gasteiger partial charge in [-0.15, -0.1) is 0 Å². The number of amides is 1. The summed E-state index contributed by atoms with van der Waals surface area (Å²) in [6, 6.07) is 3.25. The Bertz CT molecular complexity index is 530. The van der Waals surface area contributed by atoms with Crippen molar-refractivity contribution in [2.24, 2.45) is 0 Å². The summed E-state index contributed by atoms with van der Waals surface area (Å²) in [7, 11) is 2.07. The molecule has 0 unspecified atom stereocenters. The van der Waals surface area contributed by atoms with Crippen LogP contribution in [0.2, 0.25) is 5.02 Å². The van der Waals surface area contributed by atoms with E-state index in [0.29, 0.717) is 22.1 Å². The fourth-order valence-corrected chi connectivity index (χ4v) is 2.49. The first kappa shape index (κ1) is 13.5. The van der Waals surface area contributed by atoms with Gasteiger partial charge in [0, 0.05) is 31.7 Å². The van der Waals surface area contributed by atoms with Gasteiger partial charge in [-0.1, -0.05) is 11.6 Å². The maximum atomic E-state index is 12.2. The number of carbonyl (C=O) groups excluding carboxylic acids is 1. The number of hydrogen-bond acceptors (Lipinski definition) is 5. The summed E-state index contributed by atoms with van der Waals surface area (Å²) in [5.74, 6) is 0.832. The van der Waals surface area contributed by atoms with Gasteiger partial charge in [0.05, 0.1) is 5.02 Å². The largest absolute Gasteiger partial charge is 0.454 e. The highest BCUT2D eigenvalue weighted by atomic mass is 35.5. The predicted molar refractivity (Wildman–Crippen MR) is 74.1 cm³/mol. The Balaban J connectivity index is 1.70. The number of nitrogens with one attached hydrogen (secondary N) is 1. The van der Waals surface area contributed by atoms with Crippen LogP contribution in [0.3, 0.4) is 0 Å². The number of hydrogen-bond donors (Lipinski definition) is 1. The first-order chi connectivity index (χ1) is 9.63. The van der Waals surface area contributed by atoms with Gasteiger partial charge >= 0.3 is 0 Å². The molecule has 108 valence electrons. The molecule has 1 saturated heterocycles. The average Bonchev–Trinajstić information content (AvgIpc) is 2.90. The van der Waals surface area contributed by atoms with Crippen LogP contribution in [-0.4, -0.2) is 55.8 Å². The van der Waals surface area contributed by atoms with Gasteiger partial charge in [0.25, 0.3) is 5.91 Å². The molecule has 1 amide bonds. The number of rotatable bonds is 2. The maximum absolute atomic E-state index is 12.2. The smallest absolute Gasteiger partial charge is 0.265 e. The lowest BCUT2D eigenvalue weighted by molar-refractivity contribution is 0.0662. The number of halogens is 1. The van der Waals surface area contributed by atoms with Crippen molar-refractivity contribution in [1.29, 1.82) is 0 Å². The molecule has 1 N–H and O–H groups in total. The number of carbonyl (C=O) groups is 1. The van der Waals surface area contributed by atoms with Gasteiger partial charge < -0.3 is 14.4 Å².